The molecule has 132 valence electrons. The molecule has 0 radical (unpaired) electrons. The summed E-state index contributed by atoms with van der Waals surface area (Å²) in [6, 6.07) is 3.88. The molecular formula is C18H23BN2O3S. The van der Waals surface area contributed by atoms with Crippen LogP contribution in [0, 0.1) is 13.8 Å². The zero-order valence-electron chi connectivity index (χ0n) is 15.5. The van der Waals surface area contributed by atoms with Crippen molar-refractivity contribution in [2.24, 2.45) is 0 Å². The minimum atomic E-state index is -0.457. The van der Waals surface area contributed by atoms with E-state index in [0.717, 1.165) is 22.3 Å². The standard InChI is InChI=1S/C18H23BN2O3S/c1-11-7-8-13(21-15(22)16-20-9-10-25-16)12(2)14(11)19-23-17(3,4)18(5,6)24-19/h7-10H,1-6H3,(H,21,22). The molecule has 0 unspecified atom stereocenters. The lowest BCUT2D eigenvalue weighted by molar-refractivity contribution is 0.00578. The maximum absolute atomic E-state index is 12.3. The van der Waals surface area contributed by atoms with Gasteiger partial charge in [0.1, 0.15) is 0 Å². The Morgan fingerprint density at radius 1 is 1.16 bits per heavy atom. The molecule has 1 aromatic heterocycles. The monoisotopic (exact) mass is 358 g/mol. The van der Waals surface area contributed by atoms with Crippen LogP contribution < -0.4 is 10.8 Å². The molecule has 0 spiro atoms. The first-order valence-electron chi connectivity index (χ1n) is 8.29. The second-order valence-corrected chi connectivity index (χ2v) is 8.24. The maximum atomic E-state index is 12.3. The third-order valence-electron chi connectivity index (χ3n) is 5.10. The molecule has 0 aliphatic carbocycles. The number of thiazole rings is 1. The van der Waals surface area contributed by atoms with Crippen LogP contribution in [-0.2, 0) is 9.31 Å². The molecule has 5 nitrogen and oxygen atoms in total. The summed E-state index contributed by atoms with van der Waals surface area (Å²) in [7, 11) is -0.457. The van der Waals surface area contributed by atoms with Crippen molar-refractivity contribution in [3.8, 4) is 0 Å². The topological polar surface area (TPSA) is 60.5 Å². The first-order chi connectivity index (χ1) is 11.6. The van der Waals surface area contributed by atoms with Crippen molar-refractivity contribution in [2.45, 2.75) is 52.7 Å². The SMILES string of the molecule is Cc1ccc(NC(=O)c2nccs2)c(C)c1B1OC(C)(C)C(C)(C)O1. The van der Waals surface area contributed by atoms with Crippen LogP contribution in [0.3, 0.4) is 0 Å². The Morgan fingerprint density at radius 3 is 2.36 bits per heavy atom. The molecule has 1 saturated heterocycles. The molecule has 1 aliphatic rings. The van der Waals surface area contributed by atoms with Gasteiger partial charge in [0, 0.05) is 17.3 Å². The molecule has 0 bridgehead atoms. The molecular weight excluding hydrogens is 335 g/mol. The Hall–Kier alpha value is -1.70. The lowest BCUT2D eigenvalue weighted by Crippen LogP contribution is -2.41. The van der Waals surface area contributed by atoms with Crippen molar-refractivity contribution in [1.82, 2.24) is 4.98 Å². The molecule has 1 aliphatic heterocycles. The molecule has 0 saturated carbocycles. The van der Waals surface area contributed by atoms with E-state index in [1.807, 2.05) is 53.7 Å². The number of anilines is 1. The van der Waals surface area contributed by atoms with Gasteiger partial charge in [0.25, 0.3) is 5.91 Å². The summed E-state index contributed by atoms with van der Waals surface area (Å²) in [4.78, 5) is 16.4. The van der Waals surface area contributed by atoms with Crippen LogP contribution in [0.1, 0.15) is 48.6 Å². The predicted molar refractivity (Wildman–Crippen MR) is 102 cm³/mol. The fourth-order valence-electron chi connectivity index (χ4n) is 2.83. The third kappa shape index (κ3) is 3.24. The number of nitrogens with zero attached hydrogens (tertiary/aromatic N) is 1. The van der Waals surface area contributed by atoms with E-state index in [2.05, 4.69) is 10.3 Å². The highest BCUT2D eigenvalue weighted by Gasteiger charge is 2.52. The molecule has 2 aromatic rings. The molecule has 1 amide bonds. The van der Waals surface area contributed by atoms with Crippen LogP contribution in [0.25, 0.3) is 0 Å². The van der Waals surface area contributed by atoms with Crippen molar-refractivity contribution in [1.29, 1.82) is 0 Å². The van der Waals surface area contributed by atoms with E-state index in [1.54, 1.807) is 11.6 Å². The minimum absolute atomic E-state index is 0.207. The number of amides is 1. The zero-order chi connectivity index (χ0) is 18.4. The van der Waals surface area contributed by atoms with Crippen molar-refractivity contribution < 1.29 is 14.1 Å². The van der Waals surface area contributed by atoms with Crippen LogP contribution in [0.2, 0.25) is 0 Å². The Kier molecular flexibility index (Phi) is 4.51. The Morgan fingerprint density at radius 2 is 1.80 bits per heavy atom. The van der Waals surface area contributed by atoms with Crippen LogP contribution in [-0.4, -0.2) is 29.2 Å². The molecule has 7 heteroatoms. The summed E-state index contributed by atoms with van der Waals surface area (Å²) in [5, 5.41) is 5.17. The number of hydrogen-bond donors (Lipinski definition) is 1. The summed E-state index contributed by atoms with van der Waals surface area (Å²) >= 11 is 1.32. The number of hydrogen-bond acceptors (Lipinski definition) is 5. The fraction of sp³-hybridized carbons (Fsp3) is 0.444. The van der Waals surface area contributed by atoms with E-state index in [-0.39, 0.29) is 5.91 Å². The van der Waals surface area contributed by atoms with E-state index >= 15 is 0 Å². The van der Waals surface area contributed by atoms with Gasteiger partial charge in [-0.1, -0.05) is 11.6 Å². The Bertz CT molecular complexity index is 787. The first-order valence-corrected chi connectivity index (χ1v) is 9.17. The molecule has 3 rings (SSSR count). The van der Waals surface area contributed by atoms with Gasteiger partial charge in [-0.05, 0) is 58.6 Å². The molecule has 1 aromatic carbocycles. The first kappa shape index (κ1) is 18.1. The normalized spacial score (nSPS) is 18.4. The number of aromatic nitrogens is 1. The number of nitrogens with one attached hydrogen (secondary N) is 1. The number of aryl methyl sites for hydroxylation is 1. The van der Waals surface area contributed by atoms with Crippen molar-refractivity contribution in [3.05, 3.63) is 39.8 Å². The largest absolute Gasteiger partial charge is 0.495 e. The van der Waals surface area contributed by atoms with Crippen LogP contribution in [0.15, 0.2) is 23.7 Å². The predicted octanol–water partition coefficient (Wildman–Crippen LogP) is 3.31. The van der Waals surface area contributed by atoms with E-state index in [9.17, 15) is 4.79 Å². The van der Waals surface area contributed by atoms with Crippen LogP contribution >= 0.6 is 11.3 Å². The average molecular weight is 358 g/mol. The molecule has 2 heterocycles. The smallest absolute Gasteiger partial charge is 0.399 e. The third-order valence-corrected chi connectivity index (χ3v) is 5.87. The van der Waals surface area contributed by atoms with Gasteiger partial charge in [-0.25, -0.2) is 4.98 Å². The van der Waals surface area contributed by atoms with Crippen molar-refractivity contribution in [2.75, 3.05) is 5.32 Å². The summed E-state index contributed by atoms with van der Waals surface area (Å²) in [6.45, 7) is 12.1. The van der Waals surface area contributed by atoms with Gasteiger partial charge < -0.3 is 14.6 Å². The molecule has 1 N–H and O–H groups in total. The number of carbonyl (C=O) groups is 1. The van der Waals surface area contributed by atoms with Gasteiger partial charge in [0.2, 0.25) is 0 Å². The fourth-order valence-corrected chi connectivity index (χ4v) is 3.36. The highest BCUT2D eigenvalue weighted by atomic mass is 32.1. The van der Waals surface area contributed by atoms with Gasteiger partial charge in [-0.15, -0.1) is 11.3 Å². The lowest BCUT2D eigenvalue weighted by Gasteiger charge is -2.32. The van der Waals surface area contributed by atoms with E-state index in [1.165, 1.54) is 11.3 Å². The highest BCUT2D eigenvalue weighted by molar-refractivity contribution is 7.11. The van der Waals surface area contributed by atoms with Crippen molar-refractivity contribution in [3.63, 3.8) is 0 Å². The van der Waals surface area contributed by atoms with Crippen LogP contribution in [0.5, 0.6) is 0 Å². The highest BCUT2D eigenvalue weighted by Crippen LogP contribution is 2.37. The van der Waals surface area contributed by atoms with Gasteiger partial charge in [-0.2, -0.15) is 0 Å². The average Bonchev–Trinajstić information content (AvgIpc) is 3.09. The Balaban J connectivity index is 1.92. The quantitative estimate of drug-likeness (QED) is 0.856. The van der Waals surface area contributed by atoms with E-state index < -0.39 is 18.3 Å². The van der Waals surface area contributed by atoms with Gasteiger partial charge in [0.15, 0.2) is 5.01 Å². The summed E-state index contributed by atoms with van der Waals surface area (Å²) in [6.07, 6.45) is 1.62. The second kappa shape index (κ2) is 6.23. The number of carbonyl (C=O) groups excluding carboxylic acids is 1. The zero-order valence-corrected chi connectivity index (χ0v) is 16.3. The van der Waals surface area contributed by atoms with Gasteiger partial charge in [0.05, 0.1) is 11.2 Å². The Labute approximate surface area is 152 Å². The molecule has 1 fully saturated rings. The maximum Gasteiger partial charge on any atom is 0.495 e. The van der Waals surface area contributed by atoms with Gasteiger partial charge >= 0.3 is 7.12 Å². The van der Waals surface area contributed by atoms with Crippen molar-refractivity contribution >= 4 is 35.5 Å². The summed E-state index contributed by atoms with van der Waals surface area (Å²) in [5.41, 5.74) is 2.92. The number of rotatable bonds is 3. The number of benzene rings is 1. The second-order valence-electron chi connectivity index (χ2n) is 7.35. The minimum Gasteiger partial charge on any atom is -0.399 e. The summed E-state index contributed by atoms with van der Waals surface area (Å²) in [5.74, 6) is -0.207. The molecule has 0 atom stereocenters. The van der Waals surface area contributed by atoms with E-state index in [4.69, 9.17) is 9.31 Å². The van der Waals surface area contributed by atoms with Gasteiger partial charge in [-0.3, -0.25) is 4.79 Å². The van der Waals surface area contributed by atoms with E-state index in [0.29, 0.717) is 5.01 Å². The summed E-state index contributed by atoms with van der Waals surface area (Å²) < 4.78 is 12.4. The van der Waals surface area contributed by atoms with Crippen LogP contribution in [0.4, 0.5) is 5.69 Å². The molecule has 25 heavy (non-hydrogen) atoms. The lowest BCUT2D eigenvalue weighted by atomic mass is 9.73.